The molecule has 7 nitrogen and oxygen atoms in total. The molecule has 1 aliphatic rings. The topological polar surface area (TPSA) is 78.4 Å². The maximum absolute atomic E-state index is 12.4. The number of carbonyl (C=O) groups is 1. The second kappa shape index (κ2) is 8.65. The van der Waals surface area contributed by atoms with Gasteiger partial charge in [-0.3, -0.25) is 4.79 Å². The Morgan fingerprint density at radius 2 is 2.00 bits per heavy atom. The predicted octanol–water partition coefficient (Wildman–Crippen LogP) is 3.19. The van der Waals surface area contributed by atoms with Gasteiger partial charge in [0.1, 0.15) is 17.6 Å². The number of nitrogens with one attached hydrogen (secondary N) is 1. The smallest absolute Gasteiger partial charge is 0.271 e. The fourth-order valence-corrected chi connectivity index (χ4v) is 3.04. The Hall–Kier alpha value is -3.22. The van der Waals surface area contributed by atoms with Crippen LogP contribution in [0.3, 0.4) is 0 Å². The molecule has 7 heteroatoms. The van der Waals surface area contributed by atoms with Crippen molar-refractivity contribution in [2.24, 2.45) is 5.10 Å². The maximum atomic E-state index is 12.4. The lowest BCUT2D eigenvalue weighted by Gasteiger charge is -2.10. The molecule has 0 aliphatic carbocycles. The van der Waals surface area contributed by atoms with Crippen molar-refractivity contribution >= 4 is 12.1 Å². The standard InChI is InChI=1S/C21H24N2O5/c1-5-27-18-10-15-8-13(2)28-19(15)11-16(18)12-22-23-21(24)14-6-7-17(25-3)20(9-14)26-4/h6-7,9-13H,5,8H2,1-4H3,(H,23,24)/b22-12-/t13-/m1/s1. The molecule has 0 aromatic heterocycles. The number of methoxy groups -OCH3 is 2. The van der Waals surface area contributed by atoms with E-state index in [0.717, 1.165) is 23.3 Å². The first kappa shape index (κ1) is 19.5. The van der Waals surface area contributed by atoms with Gasteiger partial charge >= 0.3 is 0 Å². The quantitative estimate of drug-likeness (QED) is 0.586. The van der Waals surface area contributed by atoms with Crippen LogP contribution in [0.15, 0.2) is 35.4 Å². The van der Waals surface area contributed by atoms with Crippen molar-refractivity contribution < 1.29 is 23.7 Å². The molecule has 2 aromatic rings. The van der Waals surface area contributed by atoms with Crippen LogP contribution >= 0.6 is 0 Å². The van der Waals surface area contributed by atoms with Crippen molar-refractivity contribution in [2.45, 2.75) is 26.4 Å². The first-order valence-electron chi connectivity index (χ1n) is 9.07. The van der Waals surface area contributed by atoms with Crippen molar-refractivity contribution in [3.8, 4) is 23.0 Å². The minimum Gasteiger partial charge on any atom is -0.493 e. The third kappa shape index (κ3) is 4.19. The second-order valence-corrected chi connectivity index (χ2v) is 6.33. The molecule has 0 unspecified atom stereocenters. The molecule has 1 atom stereocenters. The molecule has 0 fully saturated rings. The molecule has 1 aliphatic heterocycles. The molecule has 0 saturated heterocycles. The predicted molar refractivity (Wildman–Crippen MR) is 106 cm³/mol. The molecule has 0 radical (unpaired) electrons. The molecule has 148 valence electrons. The average Bonchev–Trinajstić information content (AvgIpc) is 3.06. The fourth-order valence-electron chi connectivity index (χ4n) is 3.04. The van der Waals surface area contributed by atoms with E-state index in [9.17, 15) is 4.79 Å². The Balaban J connectivity index is 1.75. The van der Waals surface area contributed by atoms with E-state index in [1.807, 2.05) is 26.0 Å². The monoisotopic (exact) mass is 384 g/mol. The highest BCUT2D eigenvalue weighted by molar-refractivity contribution is 5.95. The molecular weight excluding hydrogens is 360 g/mol. The summed E-state index contributed by atoms with van der Waals surface area (Å²) in [5.41, 5.74) is 4.78. The highest BCUT2D eigenvalue weighted by atomic mass is 16.5. The van der Waals surface area contributed by atoms with Gasteiger partial charge in [0.05, 0.1) is 27.0 Å². The summed E-state index contributed by atoms with van der Waals surface area (Å²) in [6.45, 7) is 4.48. The van der Waals surface area contributed by atoms with Crippen LogP contribution in [0.1, 0.15) is 35.3 Å². The van der Waals surface area contributed by atoms with E-state index in [1.165, 1.54) is 7.11 Å². The van der Waals surface area contributed by atoms with Gasteiger partial charge in [-0.2, -0.15) is 5.10 Å². The Bertz CT molecular complexity index is 895. The fraction of sp³-hybridized carbons (Fsp3) is 0.333. The molecule has 0 saturated carbocycles. The first-order chi connectivity index (χ1) is 13.5. The van der Waals surface area contributed by atoms with Gasteiger partial charge in [-0.25, -0.2) is 5.43 Å². The van der Waals surface area contributed by atoms with Gasteiger partial charge in [0.15, 0.2) is 11.5 Å². The van der Waals surface area contributed by atoms with Crippen LogP contribution in [0.25, 0.3) is 0 Å². The van der Waals surface area contributed by atoms with E-state index in [1.54, 1.807) is 31.5 Å². The number of hydrogen-bond donors (Lipinski definition) is 1. The van der Waals surface area contributed by atoms with Gasteiger partial charge in [-0.1, -0.05) is 0 Å². The number of benzene rings is 2. The van der Waals surface area contributed by atoms with Crippen LogP contribution in [0, 0.1) is 0 Å². The van der Waals surface area contributed by atoms with Crippen LogP contribution in [0.4, 0.5) is 0 Å². The third-order valence-electron chi connectivity index (χ3n) is 4.34. The second-order valence-electron chi connectivity index (χ2n) is 6.33. The lowest BCUT2D eigenvalue weighted by atomic mass is 10.1. The van der Waals surface area contributed by atoms with Gasteiger partial charge in [-0.15, -0.1) is 0 Å². The van der Waals surface area contributed by atoms with Crippen molar-refractivity contribution in [2.75, 3.05) is 20.8 Å². The van der Waals surface area contributed by atoms with Crippen LogP contribution in [0.2, 0.25) is 0 Å². The van der Waals surface area contributed by atoms with Crippen molar-refractivity contribution in [3.05, 3.63) is 47.0 Å². The Kier molecular flexibility index (Phi) is 6.03. The van der Waals surface area contributed by atoms with Gasteiger partial charge < -0.3 is 18.9 Å². The number of hydrazone groups is 1. The SMILES string of the molecule is CCOc1cc2c(cc1/C=N\NC(=O)c1ccc(OC)c(OC)c1)O[C@H](C)C2. The average molecular weight is 384 g/mol. The normalized spacial score (nSPS) is 15.1. The van der Waals surface area contributed by atoms with Gasteiger partial charge in [0.25, 0.3) is 5.91 Å². The largest absolute Gasteiger partial charge is 0.493 e. The lowest BCUT2D eigenvalue weighted by molar-refractivity contribution is 0.0954. The summed E-state index contributed by atoms with van der Waals surface area (Å²) in [6, 6.07) is 8.77. The number of carbonyl (C=O) groups excluding carboxylic acids is 1. The first-order valence-corrected chi connectivity index (χ1v) is 9.07. The summed E-state index contributed by atoms with van der Waals surface area (Å²) < 4.78 is 21.9. The molecule has 0 spiro atoms. The van der Waals surface area contributed by atoms with E-state index in [-0.39, 0.29) is 12.0 Å². The van der Waals surface area contributed by atoms with Gasteiger partial charge in [-0.05, 0) is 44.2 Å². The maximum Gasteiger partial charge on any atom is 0.271 e. The van der Waals surface area contributed by atoms with Gasteiger partial charge in [0, 0.05) is 23.1 Å². The Labute approximate surface area is 164 Å². The zero-order chi connectivity index (χ0) is 20.1. The number of nitrogens with zero attached hydrogens (tertiary/aromatic N) is 1. The number of ether oxygens (including phenoxy) is 4. The summed E-state index contributed by atoms with van der Waals surface area (Å²) in [5, 5.41) is 4.07. The van der Waals surface area contributed by atoms with Crippen molar-refractivity contribution in [3.63, 3.8) is 0 Å². The van der Waals surface area contributed by atoms with Crippen molar-refractivity contribution in [1.29, 1.82) is 0 Å². The van der Waals surface area contributed by atoms with E-state index in [4.69, 9.17) is 18.9 Å². The molecule has 28 heavy (non-hydrogen) atoms. The molecule has 3 rings (SSSR count). The molecule has 1 heterocycles. The number of rotatable bonds is 7. The van der Waals surface area contributed by atoms with Gasteiger partial charge in [0.2, 0.25) is 0 Å². The Morgan fingerprint density at radius 3 is 2.71 bits per heavy atom. The Morgan fingerprint density at radius 1 is 1.21 bits per heavy atom. The van der Waals surface area contributed by atoms with E-state index in [0.29, 0.717) is 29.4 Å². The third-order valence-corrected chi connectivity index (χ3v) is 4.34. The number of fused-ring (bicyclic) bond motifs is 1. The number of amides is 1. The number of hydrogen-bond acceptors (Lipinski definition) is 6. The molecule has 2 aromatic carbocycles. The van der Waals surface area contributed by atoms with Crippen LogP contribution in [-0.4, -0.2) is 39.1 Å². The minimum absolute atomic E-state index is 0.140. The molecule has 0 bridgehead atoms. The van der Waals surface area contributed by atoms with Crippen LogP contribution in [0.5, 0.6) is 23.0 Å². The molecule has 1 amide bonds. The lowest BCUT2D eigenvalue weighted by Crippen LogP contribution is -2.17. The highest BCUT2D eigenvalue weighted by Crippen LogP contribution is 2.34. The van der Waals surface area contributed by atoms with E-state index < -0.39 is 0 Å². The van der Waals surface area contributed by atoms with Crippen molar-refractivity contribution in [1.82, 2.24) is 5.43 Å². The zero-order valence-corrected chi connectivity index (χ0v) is 16.4. The van der Waals surface area contributed by atoms with E-state index in [2.05, 4.69) is 10.5 Å². The zero-order valence-electron chi connectivity index (χ0n) is 16.4. The van der Waals surface area contributed by atoms with Crippen LogP contribution in [-0.2, 0) is 6.42 Å². The summed E-state index contributed by atoms with van der Waals surface area (Å²) in [5.74, 6) is 2.20. The minimum atomic E-state index is -0.360. The molecular formula is C21H24N2O5. The summed E-state index contributed by atoms with van der Waals surface area (Å²) in [7, 11) is 3.06. The van der Waals surface area contributed by atoms with E-state index >= 15 is 0 Å². The summed E-state index contributed by atoms with van der Waals surface area (Å²) >= 11 is 0. The summed E-state index contributed by atoms with van der Waals surface area (Å²) in [6.07, 6.45) is 2.54. The molecule has 1 N–H and O–H groups in total. The summed E-state index contributed by atoms with van der Waals surface area (Å²) in [4.78, 5) is 12.4. The highest BCUT2D eigenvalue weighted by Gasteiger charge is 2.21. The van der Waals surface area contributed by atoms with Crippen LogP contribution < -0.4 is 24.4 Å².